The molecule has 0 saturated carbocycles. The average molecular weight is 311 g/mol. The first kappa shape index (κ1) is 13.7. The summed E-state index contributed by atoms with van der Waals surface area (Å²) in [6, 6.07) is 3.40. The second kappa shape index (κ2) is 5.24. The van der Waals surface area contributed by atoms with Gasteiger partial charge < -0.3 is 15.2 Å². The monoisotopic (exact) mass is 310 g/mol. The Morgan fingerprint density at radius 2 is 2.25 bits per heavy atom. The van der Waals surface area contributed by atoms with Gasteiger partial charge in [-0.1, -0.05) is 18.5 Å². The molecular weight excluding hydrogens is 296 g/mol. The van der Waals surface area contributed by atoms with Crippen LogP contribution in [0.1, 0.15) is 34.1 Å². The summed E-state index contributed by atoms with van der Waals surface area (Å²) < 4.78 is 10.7. The van der Waals surface area contributed by atoms with Crippen molar-refractivity contribution in [1.82, 2.24) is 4.98 Å². The van der Waals surface area contributed by atoms with Crippen LogP contribution in [0.3, 0.4) is 0 Å². The van der Waals surface area contributed by atoms with E-state index in [1.807, 2.05) is 12.1 Å². The van der Waals surface area contributed by atoms with Crippen molar-refractivity contribution >= 4 is 22.9 Å². The topological polar surface area (TPSA) is 57.4 Å². The van der Waals surface area contributed by atoms with Crippen molar-refractivity contribution in [3.05, 3.63) is 38.3 Å². The number of ether oxygens (including phenoxy) is 2. The largest absolute Gasteiger partial charge is 0.454 e. The van der Waals surface area contributed by atoms with E-state index in [4.69, 9.17) is 26.8 Å². The molecule has 0 saturated heterocycles. The van der Waals surface area contributed by atoms with Gasteiger partial charge in [0.2, 0.25) is 6.79 Å². The van der Waals surface area contributed by atoms with E-state index in [0.717, 1.165) is 22.7 Å². The number of rotatable bonds is 3. The molecule has 2 heterocycles. The second-order valence-corrected chi connectivity index (χ2v) is 6.26. The first-order valence-corrected chi connectivity index (χ1v) is 7.60. The van der Waals surface area contributed by atoms with Crippen LogP contribution in [0.5, 0.6) is 11.5 Å². The van der Waals surface area contributed by atoms with Gasteiger partial charge in [-0.2, -0.15) is 0 Å². The molecule has 4 nitrogen and oxygen atoms in total. The molecule has 0 spiro atoms. The Balaban J connectivity index is 1.97. The van der Waals surface area contributed by atoms with E-state index in [9.17, 15) is 0 Å². The number of nitrogens with zero attached hydrogens (tertiary/aromatic N) is 1. The summed E-state index contributed by atoms with van der Waals surface area (Å²) in [4.78, 5) is 5.82. The lowest BCUT2D eigenvalue weighted by atomic mass is 10.1. The predicted octanol–water partition coefficient (Wildman–Crippen LogP) is 3.44. The van der Waals surface area contributed by atoms with Crippen LogP contribution in [0.4, 0.5) is 0 Å². The Bertz CT molecular complexity index is 657. The normalized spacial score (nSPS) is 14.6. The summed E-state index contributed by atoms with van der Waals surface area (Å²) >= 11 is 7.82. The summed E-state index contributed by atoms with van der Waals surface area (Å²) in [7, 11) is 0. The maximum atomic E-state index is 6.31. The maximum Gasteiger partial charge on any atom is 0.231 e. The number of nitrogens with two attached hydrogens (primary N) is 1. The Hall–Kier alpha value is -1.30. The van der Waals surface area contributed by atoms with Gasteiger partial charge in [0.1, 0.15) is 5.01 Å². The summed E-state index contributed by atoms with van der Waals surface area (Å²) in [5.41, 5.74) is 8.30. The first-order valence-electron chi connectivity index (χ1n) is 6.41. The van der Waals surface area contributed by atoms with Crippen LogP contribution in [-0.4, -0.2) is 11.8 Å². The van der Waals surface area contributed by atoms with Gasteiger partial charge in [0.05, 0.1) is 16.8 Å². The molecule has 1 atom stereocenters. The molecule has 0 bridgehead atoms. The molecule has 1 aliphatic heterocycles. The lowest BCUT2D eigenvalue weighted by Gasteiger charge is -2.10. The average Bonchev–Trinajstić information content (AvgIpc) is 3.04. The highest BCUT2D eigenvalue weighted by Crippen LogP contribution is 2.41. The molecular formula is C14H15ClN2O2S. The standard InChI is InChI=1S/C14H15ClN2O2S/c1-3-10-7(2)20-14(17-10)12(16)8-4-9(15)13-11(5-8)18-6-19-13/h4-5,12H,3,6,16H2,1-2H3. The smallest absolute Gasteiger partial charge is 0.231 e. The van der Waals surface area contributed by atoms with E-state index in [0.29, 0.717) is 16.5 Å². The number of hydrogen-bond acceptors (Lipinski definition) is 5. The van der Waals surface area contributed by atoms with Gasteiger partial charge in [-0.3, -0.25) is 0 Å². The van der Waals surface area contributed by atoms with Crippen molar-refractivity contribution < 1.29 is 9.47 Å². The molecule has 0 amide bonds. The molecule has 106 valence electrons. The molecule has 3 rings (SSSR count). The number of halogens is 1. The van der Waals surface area contributed by atoms with Crippen LogP contribution < -0.4 is 15.2 Å². The van der Waals surface area contributed by atoms with Crippen molar-refractivity contribution in [1.29, 1.82) is 0 Å². The zero-order chi connectivity index (χ0) is 14.3. The molecule has 20 heavy (non-hydrogen) atoms. The Morgan fingerprint density at radius 1 is 1.45 bits per heavy atom. The second-order valence-electron chi connectivity index (χ2n) is 4.62. The molecule has 2 N–H and O–H groups in total. The summed E-state index contributed by atoms with van der Waals surface area (Å²) in [5, 5.41) is 1.42. The van der Waals surface area contributed by atoms with Gasteiger partial charge in [-0.05, 0) is 31.0 Å². The molecule has 1 unspecified atom stereocenters. The quantitative estimate of drug-likeness (QED) is 0.943. The van der Waals surface area contributed by atoms with E-state index in [-0.39, 0.29) is 12.8 Å². The van der Waals surface area contributed by atoms with Crippen molar-refractivity contribution in [3.63, 3.8) is 0 Å². The third-order valence-corrected chi connectivity index (χ3v) is 4.70. The van der Waals surface area contributed by atoms with Crippen LogP contribution in [0.15, 0.2) is 12.1 Å². The minimum Gasteiger partial charge on any atom is -0.454 e. The van der Waals surface area contributed by atoms with Gasteiger partial charge in [-0.25, -0.2) is 4.98 Å². The molecule has 0 aliphatic carbocycles. The lowest BCUT2D eigenvalue weighted by molar-refractivity contribution is 0.174. The van der Waals surface area contributed by atoms with Crippen LogP contribution in [0.25, 0.3) is 0 Å². The highest BCUT2D eigenvalue weighted by molar-refractivity contribution is 7.11. The minimum atomic E-state index is -0.300. The van der Waals surface area contributed by atoms with Crippen LogP contribution in [0, 0.1) is 6.92 Å². The van der Waals surface area contributed by atoms with Crippen LogP contribution in [0.2, 0.25) is 5.02 Å². The lowest BCUT2D eigenvalue weighted by Crippen LogP contribution is -2.11. The number of thiazole rings is 1. The van der Waals surface area contributed by atoms with Crippen molar-refractivity contribution in [2.24, 2.45) is 5.73 Å². The summed E-state index contributed by atoms with van der Waals surface area (Å²) in [5.74, 6) is 1.24. The highest BCUT2D eigenvalue weighted by Gasteiger charge is 2.22. The fraction of sp³-hybridized carbons (Fsp3) is 0.357. The zero-order valence-corrected chi connectivity index (χ0v) is 12.8. The Morgan fingerprint density at radius 3 is 2.95 bits per heavy atom. The Labute approximate surface area is 126 Å². The fourth-order valence-corrected chi connectivity index (χ4v) is 3.53. The maximum absolute atomic E-state index is 6.31. The molecule has 0 fully saturated rings. The third kappa shape index (κ3) is 2.26. The van der Waals surface area contributed by atoms with Gasteiger partial charge >= 0.3 is 0 Å². The number of aromatic nitrogens is 1. The van der Waals surface area contributed by atoms with Crippen LogP contribution in [-0.2, 0) is 6.42 Å². The molecule has 1 aromatic carbocycles. The molecule has 2 aromatic rings. The number of hydrogen-bond donors (Lipinski definition) is 1. The molecule has 1 aliphatic rings. The van der Waals surface area contributed by atoms with E-state index in [1.165, 1.54) is 4.88 Å². The molecule has 6 heteroatoms. The van der Waals surface area contributed by atoms with E-state index >= 15 is 0 Å². The fourth-order valence-electron chi connectivity index (χ4n) is 2.22. The van der Waals surface area contributed by atoms with Crippen molar-refractivity contribution in [2.45, 2.75) is 26.3 Å². The number of fused-ring (bicyclic) bond motifs is 1. The van der Waals surface area contributed by atoms with Crippen molar-refractivity contribution in [3.8, 4) is 11.5 Å². The summed E-state index contributed by atoms with van der Waals surface area (Å²) in [6.07, 6.45) is 0.914. The summed E-state index contributed by atoms with van der Waals surface area (Å²) in [6.45, 7) is 4.36. The van der Waals surface area contributed by atoms with Gasteiger partial charge in [0.25, 0.3) is 0 Å². The van der Waals surface area contributed by atoms with Crippen molar-refractivity contribution in [2.75, 3.05) is 6.79 Å². The molecule has 0 radical (unpaired) electrons. The van der Waals surface area contributed by atoms with E-state index in [1.54, 1.807) is 11.3 Å². The third-order valence-electron chi connectivity index (χ3n) is 3.32. The van der Waals surface area contributed by atoms with Gasteiger partial charge in [0, 0.05) is 4.88 Å². The highest BCUT2D eigenvalue weighted by atomic mass is 35.5. The van der Waals surface area contributed by atoms with Gasteiger partial charge in [-0.15, -0.1) is 11.3 Å². The van der Waals surface area contributed by atoms with Crippen LogP contribution >= 0.6 is 22.9 Å². The van der Waals surface area contributed by atoms with E-state index in [2.05, 4.69) is 18.8 Å². The first-order chi connectivity index (χ1) is 9.60. The number of aryl methyl sites for hydroxylation is 2. The molecule has 1 aromatic heterocycles. The van der Waals surface area contributed by atoms with Gasteiger partial charge in [0.15, 0.2) is 11.5 Å². The minimum absolute atomic E-state index is 0.198. The number of benzene rings is 1. The van der Waals surface area contributed by atoms with E-state index < -0.39 is 0 Å². The zero-order valence-electron chi connectivity index (χ0n) is 11.3. The predicted molar refractivity (Wildman–Crippen MR) is 79.8 cm³/mol. The Kier molecular flexibility index (Phi) is 3.58. The SMILES string of the molecule is CCc1nc(C(N)c2cc(Cl)c3c(c2)OCO3)sc1C.